The molecule has 2 aromatic heterocycles. The Kier molecular flexibility index (Phi) is 4.85. The number of amides is 1. The van der Waals surface area contributed by atoms with Crippen LogP contribution in [-0.4, -0.2) is 25.6 Å². The highest BCUT2D eigenvalue weighted by Crippen LogP contribution is 2.19. The second-order valence-electron chi connectivity index (χ2n) is 6.69. The summed E-state index contributed by atoms with van der Waals surface area (Å²) in [5.41, 5.74) is 3.21. The smallest absolute Gasteiger partial charge is 0.254 e. The van der Waals surface area contributed by atoms with Gasteiger partial charge in [0.2, 0.25) is 0 Å². The van der Waals surface area contributed by atoms with Crippen LogP contribution >= 0.6 is 0 Å². The maximum atomic E-state index is 13.6. The van der Waals surface area contributed by atoms with Crippen LogP contribution in [0.1, 0.15) is 21.5 Å². The van der Waals surface area contributed by atoms with Gasteiger partial charge in [0.05, 0.1) is 11.7 Å². The van der Waals surface area contributed by atoms with Crippen LogP contribution in [0.2, 0.25) is 0 Å². The highest BCUT2D eigenvalue weighted by molar-refractivity contribution is 5.94. The van der Waals surface area contributed by atoms with Gasteiger partial charge in [-0.3, -0.25) is 14.5 Å². The van der Waals surface area contributed by atoms with Gasteiger partial charge in [0.25, 0.3) is 5.91 Å². The minimum absolute atomic E-state index is 0.228. The third kappa shape index (κ3) is 3.76. The number of halogens is 1. The van der Waals surface area contributed by atoms with E-state index in [1.807, 2.05) is 43.6 Å². The molecule has 0 spiro atoms. The Bertz CT molecular complexity index is 1120. The third-order valence-corrected chi connectivity index (χ3v) is 4.64. The van der Waals surface area contributed by atoms with Gasteiger partial charge in [0, 0.05) is 43.5 Å². The Morgan fingerprint density at radius 2 is 1.89 bits per heavy atom. The summed E-state index contributed by atoms with van der Waals surface area (Å²) in [7, 11) is 1.89. The van der Waals surface area contributed by atoms with Crippen molar-refractivity contribution in [3.05, 3.63) is 95.7 Å². The molecule has 5 nitrogen and oxygen atoms in total. The molecule has 4 aromatic rings. The topological polar surface area (TPSA) is 51.0 Å². The first kappa shape index (κ1) is 17.9. The van der Waals surface area contributed by atoms with E-state index in [0.717, 1.165) is 22.0 Å². The van der Waals surface area contributed by atoms with E-state index in [1.54, 1.807) is 34.1 Å². The number of rotatable bonds is 5. The molecule has 0 radical (unpaired) electrons. The fourth-order valence-corrected chi connectivity index (χ4v) is 3.22. The van der Waals surface area contributed by atoms with Crippen LogP contribution in [0.15, 0.2) is 73.2 Å². The van der Waals surface area contributed by atoms with Crippen LogP contribution in [0.4, 0.5) is 4.39 Å². The lowest BCUT2D eigenvalue weighted by Crippen LogP contribution is -2.30. The van der Waals surface area contributed by atoms with Crippen molar-refractivity contribution in [3.63, 3.8) is 0 Å². The Labute approximate surface area is 162 Å². The molecule has 0 N–H and O–H groups in total. The molecular formula is C22H19FN4O. The van der Waals surface area contributed by atoms with Crippen LogP contribution in [-0.2, 0) is 20.1 Å². The van der Waals surface area contributed by atoms with Crippen molar-refractivity contribution < 1.29 is 9.18 Å². The average Bonchev–Trinajstić information content (AvgIpc) is 3.08. The van der Waals surface area contributed by atoms with Gasteiger partial charge in [-0.1, -0.05) is 24.3 Å². The van der Waals surface area contributed by atoms with Crippen molar-refractivity contribution in [2.45, 2.75) is 13.1 Å². The molecule has 1 amide bonds. The lowest BCUT2D eigenvalue weighted by atomic mass is 10.1. The van der Waals surface area contributed by atoms with Gasteiger partial charge >= 0.3 is 0 Å². The maximum Gasteiger partial charge on any atom is 0.254 e. The lowest BCUT2D eigenvalue weighted by Gasteiger charge is -2.23. The SMILES string of the molecule is Cn1ncc2ccc(CN(Cc3cccnc3)C(=O)c3cccc(F)c3)cc21. The van der Waals surface area contributed by atoms with E-state index >= 15 is 0 Å². The van der Waals surface area contributed by atoms with Gasteiger partial charge in [-0.2, -0.15) is 5.10 Å². The molecule has 0 bridgehead atoms. The van der Waals surface area contributed by atoms with Crippen LogP contribution < -0.4 is 0 Å². The van der Waals surface area contributed by atoms with Gasteiger partial charge in [0.1, 0.15) is 5.82 Å². The second kappa shape index (κ2) is 7.60. The van der Waals surface area contributed by atoms with E-state index in [9.17, 15) is 9.18 Å². The Hall–Kier alpha value is -3.54. The van der Waals surface area contributed by atoms with Gasteiger partial charge in [-0.05, 0) is 41.5 Å². The summed E-state index contributed by atoms with van der Waals surface area (Å²) in [5.74, 6) is -0.656. The van der Waals surface area contributed by atoms with Gasteiger partial charge < -0.3 is 4.90 Å². The fourth-order valence-electron chi connectivity index (χ4n) is 3.22. The first-order valence-electron chi connectivity index (χ1n) is 8.94. The van der Waals surface area contributed by atoms with Gasteiger partial charge in [-0.15, -0.1) is 0 Å². The van der Waals surface area contributed by atoms with Crippen LogP contribution in [0.3, 0.4) is 0 Å². The first-order chi connectivity index (χ1) is 13.6. The van der Waals surface area contributed by atoms with Crippen molar-refractivity contribution in [3.8, 4) is 0 Å². The lowest BCUT2D eigenvalue weighted by molar-refractivity contribution is 0.0729. The molecule has 2 heterocycles. The zero-order chi connectivity index (χ0) is 19.5. The monoisotopic (exact) mass is 374 g/mol. The van der Waals surface area contributed by atoms with E-state index in [0.29, 0.717) is 18.7 Å². The van der Waals surface area contributed by atoms with Crippen LogP contribution in [0.5, 0.6) is 0 Å². The molecule has 6 heteroatoms. The summed E-state index contributed by atoms with van der Waals surface area (Å²) < 4.78 is 15.4. The minimum Gasteiger partial charge on any atom is -0.330 e. The summed E-state index contributed by atoms with van der Waals surface area (Å²) >= 11 is 0. The van der Waals surface area contributed by atoms with E-state index in [-0.39, 0.29) is 5.91 Å². The summed E-state index contributed by atoms with van der Waals surface area (Å²) in [6.07, 6.45) is 5.24. The molecule has 0 aliphatic heterocycles. The molecule has 0 atom stereocenters. The molecule has 2 aromatic carbocycles. The summed E-state index contributed by atoms with van der Waals surface area (Å²) in [6, 6.07) is 15.5. The molecule has 28 heavy (non-hydrogen) atoms. The number of carbonyl (C=O) groups excluding carboxylic acids is 1. The highest BCUT2D eigenvalue weighted by atomic mass is 19.1. The number of aryl methyl sites for hydroxylation is 1. The largest absolute Gasteiger partial charge is 0.330 e. The number of hydrogen-bond acceptors (Lipinski definition) is 3. The predicted octanol–water partition coefficient (Wildman–Crippen LogP) is 3.95. The molecule has 0 aliphatic rings. The molecule has 0 saturated carbocycles. The van der Waals surface area contributed by atoms with Crippen molar-refractivity contribution in [1.82, 2.24) is 19.7 Å². The highest BCUT2D eigenvalue weighted by Gasteiger charge is 2.18. The summed E-state index contributed by atoms with van der Waals surface area (Å²) in [5, 5.41) is 5.31. The Morgan fingerprint density at radius 1 is 1.04 bits per heavy atom. The normalized spacial score (nSPS) is 10.9. The van der Waals surface area contributed by atoms with Crippen molar-refractivity contribution in [2.24, 2.45) is 7.05 Å². The van der Waals surface area contributed by atoms with E-state index < -0.39 is 5.82 Å². The number of aromatic nitrogens is 3. The number of carbonyl (C=O) groups is 1. The standard InChI is InChI=1S/C22H19FN4O/c1-26-21-10-16(7-8-19(21)13-25-26)14-27(15-17-4-3-9-24-12-17)22(28)18-5-2-6-20(23)11-18/h2-13H,14-15H2,1H3. The Balaban J connectivity index is 1.66. The quantitative estimate of drug-likeness (QED) is 0.531. The van der Waals surface area contributed by atoms with E-state index in [4.69, 9.17) is 0 Å². The Morgan fingerprint density at radius 3 is 2.68 bits per heavy atom. The van der Waals surface area contributed by atoms with Crippen molar-refractivity contribution in [2.75, 3.05) is 0 Å². The summed E-state index contributed by atoms with van der Waals surface area (Å²) in [4.78, 5) is 18.9. The second-order valence-corrected chi connectivity index (χ2v) is 6.69. The van der Waals surface area contributed by atoms with E-state index in [1.165, 1.54) is 12.1 Å². The third-order valence-electron chi connectivity index (χ3n) is 4.64. The molecule has 4 rings (SSSR count). The van der Waals surface area contributed by atoms with Crippen molar-refractivity contribution in [1.29, 1.82) is 0 Å². The van der Waals surface area contributed by atoms with Crippen LogP contribution in [0.25, 0.3) is 10.9 Å². The predicted molar refractivity (Wildman–Crippen MR) is 105 cm³/mol. The zero-order valence-electron chi connectivity index (χ0n) is 15.4. The molecule has 0 aliphatic carbocycles. The fraction of sp³-hybridized carbons (Fsp3) is 0.136. The molecule has 140 valence electrons. The molecular weight excluding hydrogens is 355 g/mol. The molecule has 0 unspecified atom stereocenters. The summed E-state index contributed by atoms with van der Waals surface area (Å²) in [6.45, 7) is 0.776. The first-order valence-corrected chi connectivity index (χ1v) is 8.94. The van der Waals surface area contributed by atoms with Crippen molar-refractivity contribution >= 4 is 16.8 Å². The number of nitrogens with zero attached hydrogens (tertiary/aromatic N) is 4. The number of hydrogen-bond donors (Lipinski definition) is 0. The van der Waals surface area contributed by atoms with Gasteiger partial charge in [0.15, 0.2) is 0 Å². The van der Waals surface area contributed by atoms with Crippen LogP contribution in [0, 0.1) is 5.82 Å². The number of benzene rings is 2. The minimum atomic E-state index is -0.427. The maximum absolute atomic E-state index is 13.6. The van der Waals surface area contributed by atoms with E-state index in [2.05, 4.69) is 10.1 Å². The number of pyridine rings is 1. The van der Waals surface area contributed by atoms with Gasteiger partial charge in [-0.25, -0.2) is 4.39 Å². The zero-order valence-corrected chi connectivity index (χ0v) is 15.4. The molecule has 0 saturated heterocycles. The molecule has 0 fully saturated rings. The average molecular weight is 374 g/mol. The number of fused-ring (bicyclic) bond motifs is 1.